The fourth-order valence-electron chi connectivity index (χ4n) is 2.59. The van der Waals surface area contributed by atoms with E-state index in [4.69, 9.17) is 9.84 Å². The quantitative estimate of drug-likeness (QED) is 0.792. The molecule has 4 heteroatoms. The number of halogens is 1. The Morgan fingerprint density at radius 3 is 2.60 bits per heavy atom. The zero-order valence-electron chi connectivity index (χ0n) is 9.50. The van der Waals surface area contributed by atoms with Gasteiger partial charge in [-0.2, -0.15) is 0 Å². The number of hydrogen-bond acceptors (Lipinski definition) is 2. The lowest BCUT2D eigenvalue weighted by atomic mass is 9.71. The van der Waals surface area contributed by atoms with Crippen LogP contribution in [0.1, 0.15) is 40.0 Å². The predicted octanol–water partition coefficient (Wildman–Crippen LogP) is 2.60. The summed E-state index contributed by atoms with van der Waals surface area (Å²) < 4.78 is 17.8. The first kappa shape index (κ1) is 12.4. The lowest BCUT2D eigenvalue weighted by Gasteiger charge is -2.38. The van der Waals surface area contributed by atoms with Crippen LogP contribution in [0.2, 0.25) is 0 Å². The summed E-state index contributed by atoms with van der Waals surface area (Å²) in [7, 11) is 0. The SMILES string of the molecule is CC1CC(OC(F)C(=O)O)CC(C)(C)C1. The van der Waals surface area contributed by atoms with Crippen molar-refractivity contribution < 1.29 is 19.0 Å². The van der Waals surface area contributed by atoms with Crippen molar-refractivity contribution in [1.82, 2.24) is 0 Å². The minimum atomic E-state index is -2.18. The van der Waals surface area contributed by atoms with E-state index in [1.807, 2.05) is 0 Å². The zero-order valence-corrected chi connectivity index (χ0v) is 9.50. The molecule has 0 saturated heterocycles. The number of carbonyl (C=O) groups is 1. The molecule has 3 nitrogen and oxygen atoms in total. The summed E-state index contributed by atoms with van der Waals surface area (Å²) in [6.45, 7) is 6.30. The molecule has 0 aromatic carbocycles. The highest BCUT2D eigenvalue weighted by Gasteiger charge is 2.34. The van der Waals surface area contributed by atoms with Gasteiger partial charge in [-0.25, -0.2) is 9.18 Å². The number of carboxylic acid groups (broad SMARTS) is 1. The highest BCUT2D eigenvalue weighted by molar-refractivity contribution is 5.70. The van der Waals surface area contributed by atoms with E-state index in [9.17, 15) is 9.18 Å². The number of rotatable bonds is 3. The minimum Gasteiger partial charge on any atom is -0.477 e. The smallest absolute Gasteiger partial charge is 0.366 e. The molecule has 88 valence electrons. The number of hydrogen-bond donors (Lipinski definition) is 1. The van der Waals surface area contributed by atoms with E-state index < -0.39 is 12.3 Å². The van der Waals surface area contributed by atoms with Gasteiger partial charge in [-0.15, -0.1) is 0 Å². The molecule has 1 aliphatic rings. The molecular weight excluding hydrogens is 199 g/mol. The maximum absolute atomic E-state index is 12.9. The third-order valence-corrected chi connectivity index (χ3v) is 2.85. The zero-order chi connectivity index (χ0) is 11.6. The highest BCUT2D eigenvalue weighted by Crippen LogP contribution is 2.40. The van der Waals surface area contributed by atoms with Crippen LogP contribution < -0.4 is 0 Å². The summed E-state index contributed by atoms with van der Waals surface area (Å²) in [5.41, 5.74) is 0.112. The molecule has 1 saturated carbocycles. The Hall–Kier alpha value is -0.640. The van der Waals surface area contributed by atoms with Crippen molar-refractivity contribution in [2.24, 2.45) is 11.3 Å². The normalized spacial score (nSPS) is 32.3. The van der Waals surface area contributed by atoms with Crippen LogP contribution in [0.5, 0.6) is 0 Å². The number of carboxylic acids is 1. The van der Waals surface area contributed by atoms with Gasteiger partial charge in [-0.05, 0) is 30.6 Å². The molecule has 1 fully saturated rings. The lowest BCUT2D eigenvalue weighted by molar-refractivity contribution is -0.176. The second-order valence-corrected chi connectivity index (χ2v) is 5.33. The van der Waals surface area contributed by atoms with Crippen molar-refractivity contribution >= 4 is 5.97 Å². The Morgan fingerprint density at radius 1 is 1.53 bits per heavy atom. The molecule has 3 atom stereocenters. The van der Waals surface area contributed by atoms with Crippen LogP contribution in [-0.4, -0.2) is 23.5 Å². The van der Waals surface area contributed by atoms with Crippen molar-refractivity contribution in [3.8, 4) is 0 Å². The summed E-state index contributed by atoms with van der Waals surface area (Å²) in [6, 6.07) is 0. The maximum Gasteiger partial charge on any atom is 0.366 e. The van der Waals surface area contributed by atoms with E-state index in [0.29, 0.717) is 5.92 Å². The van der Waals surface area contributed by atoms with Gasteiger partial charge < -0.3 is 9.84 Å². The van der Waals surface area contributed by atoms with Gasteiger partial charge in [0.05, 0.1) is 6.10 Å². The van der Waals surface area contributed by atoms with Gasteiger partial charge in [0.2, 0.25) is 0 Å². The largest absolute Gasteiger partial charge is 0.477 e. The monoisotopic (exact) mass is 218 g/mol. The van der Waals surface area contributed by atoms with Crippen LogP contribution in [0.25, 0.3) is 0 Å². The van der Waals surface area contributed by atoms with Gasteiger partial charge in [-0.3, -0.25) is 0 Å². The van der Waals surface area contributed by atoms with Crippen molar-refractivity contribution in [2.75, 3.05) is 0 Å². The average molecular weight is 218 g/mol. The second-order valence-electron chi connectivity index (χ2n) is 5.33. The van der Waals surface area contributed by atoms with E-state index in [1.54, 1.807) is 0 Å². The lowest BCUT2D eigenvalue weighted by Crippen LogP contribution is -2.35. The molecule has 0 aromatic heterocycles. The average Bonchev–Trinajstić information content (AvgIpc) is 1.99. The highest BCUT2D eigenvalue weighted by atomic mass is 19.1. The summed E-state index contributed by atoms with van der Waals surface area (Å²) >= 11 is 0. The predicted molar refractivity (Wildman–Crippen MR) is 54.2 cm³/mol. The molecule has 0 aliphatic heterocycles. The first-order valence-corrected chi connectivity index (χ1v) is 5.32. The second kappa shape index (κ2) is 4.47. The van der Waals surface area contributed by atoms with E-state index in [-0.39, 0.29) is 11.5 Å². The fraction of sp³-hybridized carbons (Fsp3) is 0.909. The van der Waals surface area contributed by atoms with E-state index in [2.05, 4.69) is 20.8 Å². The third kappa shape index (κ3) is 3.78. The van der Waals surface area contributed by atoms with Crippen LogP contribution in [0, 0.1) is 11.3 Å². The van der Waals surface area contributed by atoms with Crippen LogP contribution >= 0.6 is 0 Å². The summed E-state index contributed by atoms with van der Waals surface area (Å²) in [6.07, 6.45) is 0.102. The number of ether oxygens (including phenoxy) is 1. The molecule has 0 amide bonds. The fourth-order valence-corrected chi connectivity index (χ4v) is 2.59. The molecule has 1 aliphatic carbocycles. The van der Waals surface area contributed by atoms with Crippen molar-refractivity contribution in [1.29, 1.82) is 0 Å². The number of alkyl halides is 1. The molecule has 0 spiro atoms. The number of aliphatic carboxylic acids is 1. The van der Waals surface area contributed by atoms with Crippen molar-refractivity contribution in [3.63, 3.8) is 0 Å². The van der Waals surface area contributed by atoms with Gasteiger partial charge in [0, 0.05) is 0 Å². The van der Waals surface area contributed by atoms with Crippen LogP contribution in [0.4, 0.5) is 4.39 Å². The molecule has 3 unspecified atom stereocenters. The van der Waals surface area contributed by atoms with Gasteiger partial charge in [0.25, 0.3) is 6.36 Å². The van der Waals surface area contributed by atoms with E-state index in [0.717, 1.165) is 19.3 Å². The van der Waals surface area contributed by atoms with Gasteiger partial charge in [0.15, 0.2) is 0 Å². The molecule has 0 radical (unpaired) electrons. The van der Waals surface area contributed by atoms with Crippen LogP contribution in [0.15, 0.2) is 0 Å². The van der Waals surface area contributed by atoms with Crippen LogP contribution in [-0.2, 0) is 9.53 Å². The standard InChI is InChI=1S/C11H19FO3/c1-7-4-8(6-11(2,3)5-7)15-9(12)10(13)14/h7-9H,4-6H2,1-3H3,(H,13,14). The summed E-state index contributed by atoms with van der Waals surface area (Å²) in [5.74, 6) is -1.08. The summed E-state index contributed by atoms with van der Waals surface area (Å²) in [5, 5.41) is 8.41. The van der Waals surface area contributed by atoms with E-state index in [1.165, 1.54) is 0 Å². The first-order chi connectivity index (χ1) is 6.80. The molecule has 0 aromatic rings. The first-order valence-electron chi connectivity index (χ1n) is 5.32. The van der Waals surface area contributed by atoms with Gasteiger partial charge >= 0.3 is 5.97 Å². The molecule has 0 heterocycles. The Labute approximate surface area is 89.6 Å². The Balaban J connectivity index is 2.52. The molecular formula is C11H19FO3. The molecule has 0 bridgehead atoms. The molecule has 15 heavy (non-hydrogen) atoms. The molecule has 1 rings (SSSR count). The van der Waals surface area contributed by atoms with E-state index >= 15 is 0 Å². The summed E-state index contributed by atoms with van der Waals surface area (Å²) in [4.78, 5) is 10.3. The van der Waals surface area contributed by atoms with Gasteiger partial charge in [0.1, 0.15) is 0 Å². The van der Waals surface area contributed by atoms with Crippen molar-refractivity contribution in [2.45, 2.75) is 52.5 Å². The maximum atomic E-state index is 12.9. The third-order valence-electron chi connectivity index (χ3n) is 2.85. The minimum absolute atomic E-state index is 0.112. The topological polar surface area (TPSA) is 46.5 Å². The Morgan fingerprint density at radius 2 is 2.13 bits per heavy atom. The molecule has 1 N–H and O–H groups in total. The van der Waals surface area contributed by atoms with Crippen LogP contribution in [0.3, 0.4) is 0 Å². The Bertz CT molecular complexity index is 240. The van der Waals surface area contributed by atoms with Gasteiger partial charge in [-0.1, -0.05) is 20.8 Å². The Kier molecular flexibility index (Phi) is 3.71. The van der Waals surface area contributed by atoms with Crippen molar-refractivity contribution in [3.05, 3.63) is 0 Å².